The Morgan fingerprint density at radius 3 is 2.46 bits per heavy atom. The average molecular weight is 379 g/mol. The number of ketones is 1. The quantitative estimate of drug-likeness (QED) is 0.397. The van der Waals surface area contributed by atoms with Gasteiger partial charge in [-0.25, -0.2) is 9.67 Å². The van der Waals surface area contributed by atoms with Gasteiger partial charge in [0.2, 0.25) is 0 Å². The molecule has 2 heterocycles. The molecule has 9 heteroatoms. The molecule has 0 atom stereocenters. The number of nitrogens with zero attached hydrogens (tertiary/aromatic N) is 4. The minimum atomic E-state index is -0.568. The molecule has 0 radical (unpaired) electrons. The van der Waals surface area contributed by atoms with Crippen LogP contribution in [0, 0.1) is 10.1 Å². The summed E-state index contributed by atoms with van der Waals surface area (Å²) in [5.41, 5.74) is 0.578. The number of aryl methyl sites for hydroxylation is 1. The lowest BCUT2D eigenvalue weighted by Crippen LogP contribution is -2.28. The van der Waals surface area contributed by atoms with Crippen LogP contribution in [0.15, 0.2) is 53.5 Å². The average Bonchev–Trinajstić information content (AvgIpc) is 2.70. The normalized spacial score (nSPS) is 10.5. The van der Waals surface area contributed by atoms with E-state index < -0.39 is 10.5 Å². The predicted molar refractivity (Wildman–Crippen MR) is 104 cm³/mol. The van der Waals surface area contributed by atoms with Crippen LogP contribution in [0.1, 0.15) is 24.2 Å². The van der Waals surface area contributed by atoms with Crippen molar-refractivity contribution >= 4 is 23.0 Å². The molecule has 2 aromatic heterocycles. The van der Waals surface area contributed by atoms with Gasteiger partial charge in [-0.15, -0.1) is 0 Å². The molecule has 142 valence electrons. The maximum Gasteiger partial charge on any atom is 0.291 e. The summed E-state index contributed by atoms with van der Waals surface area (Å²) in [6.07, 6.45) is 1.08. The molecule has 0 spiro atoms. The first-order valence-corrected chi connectivity index (χ1v) is 8.51. The lowest BCUT2D eigenvalue weighted by Gasteiger charge is -2.15. The zero-order valence-electron chi connectivity index (χ0n) is 15.2. The van der Waals surface area contributed by atoms with Crippen LogP contribution in [-0.2, 0) is 6.54 Å². The van der Waals surface area contributed by atoms with Gasteiger partial charge < -0.3 is 5.32 Å². The summed E-state index contributed by atoms with van der Waals surface area (Å²) in [5.74, 6) is -0.130. The fraction of sp³-hybridized carbons (Fsp3) is 0.158. The minimum absolute atomic E-state index is 0.0320. The molecule has 0 unspecified atom stereocenters. The Morgan fingerprint density at radius 2 is 1.93 bits per heavy atom. The first kappa shape index (κ1) is 18.9. The van der Waals surface area contributed by atoms with E-state index in [1.165, 1.54) is 23.7 Å². The van der Waals surface area contributed by atoms with E-state index in [4.69, 9.17) is 0 Å². The summed E-state index contributed by atoms with van der Waals surface area (Å²) in [4.78, 5) is 39.4. The van der Waals surface area contributed by atoms with Gasteiger partial charge in [-0.05, 0) is 19.9 Å². The zero-order valence-corrected chi connectivity index (χ0v) is 15.2. The highest BCUT2D eigenvalue weighted by atomic mass is 16.6. The number of Topliss-reactive ketones (excluding diaryl/α,β-unsaturated/α-hetero) is 1. The molecule has 0 saturated heterocycles. The lowest BCUT2D eigenvalue weighted by molar-refractivity contribution is -0.385. The van der Waals surface area contributed by atoms with Crippen molar-refractivity contribution in [3.05, 3.63) is 74.7 Å². The monoisotopic (exact) mass is 379 g/mol. The number of hydrogen-bond donors (Lipinski definition) is 1. The van der Waals surface area contributed by atoms with Gasteiger partial charge in [0.1, 0.15) is 23.4 Å². The zero-order chi connectivity index (χ0) is 20.3. The van der Waals surface area contributed by atoms with Crippen molar-refractivity contribution < 1.29 is 9.72 Å². The standard InChI is InChI=1S/C19H17N5O4/c1-3-23-19(26)18(21-15-10-9-14(11-20-15)24(27)28)16(12(2)25)17(22-23)13-7-5-4-6-8-13/h4-11H,3H2,1-2H3,(H,20,21). The molecule has 1 aromatic carbocycles. The summed E-state index contributed by atoms with van der Waals surface area (Å²) < 4.78 is 1.25. The number of nitrogens with one attached hydrogen (secondary N) is 1. The van der Waals surface area contributed by atoms with Crippen LogP contribution in [0.2, 0.25) is 0 Å². The molecule has 28 heavy (non-hydrogen) atoms. The van der Waals surface area contributed by atoms with E-state index in [1.807, 2.05) is 18.2 Å². The first-order chi connectivity index (χ1) is 13.4. The number of carbonyl (C=O) groups is 1. The maximum atomic E-state index is 12.8. The molecule has 0 saturated carbocycles. The van der Waals surface area contributed by atoms with Gasteiger partial charge >= 0.3 is 0 Å². The molecule has 0 aliphatic heterocycles. The maximum absolute atomic E-state index is 12.8. The summed E-state index contributed by atoms with van der Waals surface area (Å²) >= 11 is 0. The molecule has 3 aromatic rings. The van der Waals surface area contributed by atoms with Crippen molar-refractivity contribution in [2.75, 3.05) is 5.32 Å². The van der Waals surface area contributed by atoms with Gasteiger partial charge in [-0.2, -0.15) is 5.10 Å². The van der Waals surface area contributed by atoms with Crippen molar-refractivity contribution in [2.24, 2.45) is 0 Å². The van der Waals surface area contributed by atoms with Crippen LogP contribution >= 0.6 is 0 Å². The second-order valence-electron chi connectivity index (χ2n) is 5.93. The van der Waals surface area contributed by atoms with Gasteiger partial charge in [0.15, 0.2) is 5.78 Å². The van der Waals surface area contributed by atoms with E-state index >= 15 is 0 Å². The molecule has 0 aliphatic rings. The highest BCUT2D eigenvalue weighted by molar-refractivity contribution is 6.05. The van der Waals surface area contributed by atoms with Gasteiger partial charge in [0.25, 0.3) is 11.2 Å². The van der Waals surface area contributed by atoms with Gasteiger partial charge in [0, 0.05) is 18.2 Å². The summed E-state index contributed by atoms with van der Waals surface area (Å²) in [6, 6.07) is 11.7. The molecule has 1 N–H and O–H groups in total. The second kappa shape index (κ2) is 7.78. The fourth-order valence-corrected chi connectivity index (χ4v) is 2.74. The number of benzene rings is 1. The molecule has 0 bridgehead atoms. The van der Waals surface area contributed by atoms with E-state index in [0.717, 1.165) is 6.20 Å². The molecule has 0 fully saturated rings. The number of nitro groups is 1. The Bertz CT molecular complexity index is 1090. The van der Waals surface area contributed by atoms with Crippen molar-refractivity contribution in [1.82, 2.24) is 14.8 Å². The van der Waals surface area contributed by atoms with E-state index in [-0.39, 0.29) is 28.5 Å². The third kappa shape index (κ3) is 3.63. The van der Waals surface area contributed by atoms with Crippen molar-refractivity contribution in [3.8, 4) is 11.3 Å². The first-order valence-electron chi connectivity index (χ1n) is 8.51. The lowest BCUT2D eigenvalue weighted by atomic mass is 10.0. The van der Waals surface area contributed by atoms with Crippen molar-refractivity contribution in [3.63, 3.8) is 0 Å². The van der Waals surface area contributed by atoms with E-state index in [2.05, 4.69) is 15.4 Å². The Hall–Kier alpha value is -3.88. The minimum Gasteiger partial charge on any atom is -0.335 e. The number of pyridine rings is 1. The van der Waals surface area contributed by atoms with Crippen molar-refractivity contribution in [2.45, 2.75) is 20.4 Å². The van der Waals surface area contributed by atoms with E-state index in [1.54, 1.807) is 19.1 Å². The Morgan fingerprint density at radius 1 is 1.21 bits per heavy atom. The summed E-state index contributed by atoms with van der Waals surface area (Å²) in [5, 5.41) is 18.0. The Kier molecular flexibility index (Phi) is 5.25. The summed E-state index contributed by atoms with van der Waals surface area (Å²) in [6.45, 7) is 3.43. The smallest absolute Gasteiger partial charge is 0.291 e. The van der Waals surface area contributed by atoms with Crippen LogP contribution in [0.25, 0.3) is 11.3 Å². The molecule has 0 aliphatic carbocycles. The Balaban J connectivity index is 2.19. The summed E-state index contributed by atoms with van der Waals surface area (Å²) in [7, 11) is 0. The van der Waals surface area contributed by atoms with Crippen molar-refractivity contribution in [1.29, 1.82) is 0 Å². The van der Waals surface area contributed by atoms with Gasteiger partial charge in [-0.3, -0.25) is 19.7 Å². The topological polar surface area (TPSA) is 120 Å². The SMILES string of the molecule is CCn1nc(-c2ccccc2)c(C(C)=O)c(Nc2ccc([N+](=O)[O-])cn2)c1=O. The number of rotatable bonds is 6. The molecular formula is C19H17N5O4. The van der Waals surface area contributed by atoms with Crippen LogP contribution in [0.4, 0.5) is 17.2 Å². The van der Waals surface area contributed by atoms with Crippen LogP contribution in [-0.4, -0.2) is 25.5 Å². The molecule has 9 nitrogen and oxygen atoms in total. The molecule has 0 amide bonds. The predicted octanol–water partition coefficient (Wildman–Crippen LogP) is 3.18. The number of anilines is 2. The molecular weight excluding hydrogens is 362 g/mol. The van der Waals surface area contributed by atoms with Crippen LogP contribution in [0.5, 0.6) is 0 Å². The third-order valence-corrected chi connectivity index (χ3v) is 4.07. The van der Waals surface area contributed by atoms with Gasteiger partial charge in [0.05, 0.1) is 10.5 Å². The molecule has 3 rings (SSSR count). The van der Waals surface area contributed by atoms with E-state index in [0.29, 0.717) is 17.8 Å². The number of hydrogen-bond acceptors (Lipinski definition) is 7. The van der Waals surface area contributed by atoms with Crippen LogP contribution < -0.4 is 10.9 Å². The van der Waals surface area contributed by atoms with Gasteiger partial charge in [-0.1, -0.05) is 30.3 Å². The Labute approximate surface area is 159 Å². The second-order valence-corrected chi connectivity index (χ2v) is 5.93. The highest BCUT2D eigenvalue weighted by Gasteiger charge is 2.22. The largest absolute Gasteiger partial charge is 0.335 e. The highest BCUT2D eigenvalue weighted by Crippen LogP contribution is 2.27. The number of aromatic nitrogens is 3. The fourth-order valence-electron chi connectivity index (χ4n) is 2.74. The van der Waals surface area contributed by atoms with Crippen LogP contribution in [0.3, 0.4) is 0 Å². The van der Waals surface area contributed by atoms with E-state index in [9.17, 15) is 19.7 Å². The number of carbonyl (C=O) groups excluding carboxylic acids is 1. The third-order valence-electron chi connectivity index (χ3n) is 4.07.